The molecule has 0 unspecified atom stereocenters. The predicted molar refractivity (Wildman–Crippen MR) is 149 cm³/mol. The number of allylic oxidation sites excluding steroid dienone is 1. The number of carbonyl (C=O) groups is 1. The minimum absolute atomic E-state index is 0.137. The maximum absolute atomic E-state index is 14.3. The normalized spacial score (nSPS) is 20.6. The summed E-state index contributed by atoms with van der Waals surface area (Å²) >= 11 is 0. The first-order chi connectivity index (χ1) is 18.7. The Morgan fingerprint density at radius 3 is 2.54 bits per heavy atom. The van der Waals surface area contributed by atoms with Gasteiger partial charge in [0.15, 0.2) is 15.6 Å². The summed E-state index contributed by atoms with van der Waals surface area (Å²) in [6.07, 6.45) is 7.11. The number of carbonyl (C=O) groups excluding carboxylic acids is 1. The Bertz CT molecular complexity index is 1740. The molecule has 0 saturated heterocycles. The Morgan fingerprint density at radius 2 is 1.79 bits per heavy atom. The monoisotopic (exact) mass is 540 g/mol. The van der Waals surface area contributed by atoms with E-state index in [0.717, 1.165) is 33.6 Å². The van der Waals surface area contributed by atoms with Crippen molar-refractivity contribution in [1.82, 2.24) is 9.55 Å². The molecule has 5 nitrogen and oxygen atoms in total. The van der Waals surface area contributed by atoms with Crippen molar-refractivity contribution in [1.29, 1.82) is 0 Å². The van der Waals surface area contributed by atoms with Crippen LogP contribution in [-0.4, -0.2) is 29.0 Å². The molecule has 2 atom stereocenters. The van der Waals surface area contributed by atoms with Gasteiger partial charge >= 0.3 is 0 Å². The Kier molecular flexibility index (Phi) is 6.14. The maximum atomic E-state index is 14.3. The summed E-state index contributed by atoms with van der Waals surface area (Å²) in [4.78, 5) is 19.1. The molecule has 1 fully saturated rings. The van der Waals surface area contributed by atoms with Gasteiger partial charge in [0.05, 0.1) is 15.6 Å². The van der Waals surface area contributed by atoms with Crippen LogP contribution in [0.3, 0.4) is 0 Å². The van der Waals surface area contributed by atoms with Crippen LogP contribution in [0.5, 0.6) is 0 Å². The molecule has 0 bridgehead atoms. The number of benzene rings is 2. The Labute approximate surface area is 228 Å². The van der Waals surface area contributed by atoms with Crippen LogP contribution in [-0.2, 0) is 16.3 Å². The number of rotatable bonds is 5. The molecular formula is C32H29FN2O3S. The topological polar surface area (TPSA) is 69.0 Å². The number of aryl methyl sites for hydroxylation is 2. The van der Waals surface area contributed by atoms with Crippen LogP contribution in [0.1, 0.15) is 52.1 Å². The number of fused-ring (bicyclic) bond motifs is 2. The average molecular weight is 541 g/mol. The Hall–Kier alpha value is -3.84. The summed E-state index contributed by atoms with van der Waals surface area (Å²) in [5.74, 6) is -0.441. The van der Waals surface area contributed by atoms with E-state index < -0.39 is 20.5 Å². The van der Waals surface area contributed by atoms with Crippen molar-refractivity contribution < 1.29 is 17.6 Å². The molecule has 0 radical (unpaired) electrons. The van der Waals surface area contributed by atoms with Crippen molar-refractivity contribution in [2.45, 2.75) is 49.7 Å². The minimum Gasteiger partial charge on any atom is -0.317 e. The van der Waals surface area contributed by atoms with Crippen LogP contribution >= 0.6 is 0 Å². The highest BCUT2D eigenvalue weighted by atomic mass is 32.2. The molecule has 198 valence electrons. The van der Waals surface area contributed by atoms with Gasteiger partial charge in [-0.2, -0.15) is 0 Å². The first-order valence-electron chi connectivity index (χ1n) is 13.1. The van der Waals surface area contributed by atoms with Gasteiger partial charge in [-0.1, -0.05) is 17.7 Å². The van der Waals surface area contributed by atoms with Crippen LogP contribution in [0, 0.1) is 25.1 Å². The second-order valence-electron chi connectivity index (χ2n) is 10.8. The molecule has 0 spiro atoms. The number of pyridine rings is 1. The lowest BCUT2D eigenvalue weighted by molar-refractivity contribution is 0.0796. The van der Waals surface area contributed by atoms with E-state index in [1.165, 1.54) is 12.1 Å². The van der Waals surface area contributed by atoms with E-state index in [2.05, 4.69) is 4.98 Å². The molecule has 1 saturated carbocycles. The number of Topliss-reactive ketones (excluding diaryl/α,β-unsaturated/α-hetero) is 1. The van der Waals surface area contributed by atoms with Gasteiger partial charge in [0.25, 0.3) is 0 Å². The SMILES string of the molecule is Cc1cccc(S(=O)(=O)[C@H]2CCC3=Cc4c(ccn4-c4ccc(F)cc4)C[C@]3(C(=O)c3cc(C)ccn3)C2)c1. The molecule has 39 heavy (non-hydrogen) atoms. The van der Waals surface area contributed by atoms with E-state index in [-0.39, 0.29) is 18.0 Å². The highest BCUT2D eigenvalue weighted by molar-refractivity contribution is 7.92. The van der Waals surface area contributed by atoms with Crippen molar-refractivity contribution in [2.75, 3.05) is 0 Å². The second kappa shape index (κ2) is 9.42. The third kappa shape index (κ3) is 4.35. The fourth-order valence-electron chi connectivity index (χ4n) is 6.16. The van der Waals surface area contributed by atoms with E-state index in [1.54, 1.807) is 42.6 Å². The van der Waals surface area contributed by atoms with Gasteiger partial charge in [-0.15, -0.1) is 0 Å². The Balaban J connectivity index is 1.46. The summed E-state index contributed by atoms with van der Waals surface area (Å²) in [6, 6.07) is 18.9. The third-order valence-electron chi connectivity index (χ3n) is 8.19. The van der Waals surface area contributed by atoms with Crippen LogP contribution in [0.25, 0.3) is 11.8 Å². The van der Waals surface area contributed by atoms with Crippen molar-refractivity contribution in [3.8, 4) is 5.69 Å². The molecule has 7 heteroatoms. The van der Waals surface area contributed by atoms with Gasteiger partial charge in [-0.3, -0.25) is 9.78 Å². The molecular weight excluding hydrogens is 511 g/mol. The predicted octanol–water partition coefficient (Wildman–Crippen LogP) is 6.46. The lowest BCUT2D eigenvalue weighted by Crippen LogP contribution is -2.45. The van der Waals surface area contributed by atoms with Crippen molar-refractivity contribution >= 4 is 21.7 Å². The van der Waals surface area contributed by atoms with Gasteiger partial charge < -0.3 is 4.57 Å². The van der Waals surface area contributed by atoms with E-state index in [9.17, 15) is 17.6 Å². The zero-order valence-electron chi connectivity index (χ0n) is 21.9. The largest absolute Gasteiger partial charge is 0.317 e. The van der Waals surface area contributed by atoms with Crippen LogP contribution in [0.2, 0.25) is 0 Å². The highest BCUT2D eigenvalue weighted by Gasteiger charge is 2.51. The number of ketones is 1. The van der Waals surface area contributed by atoms with Gasteiger partial charge in [0.2, 0.25) is 0 Å². The number of aromatic nitrogens is 2. The zero-order valence-corrected chi connectivity index (χ0v) is 22.7. The summed E-state index contributed by atoms with van der Waals surface area (Å²) in [6.45, 7) is 3.80. The molecule has 2 aromatic heterocycles. The highest BCUT2D eigenvalue weighted by Crippen LogP contribution is 2.52. The second-order valence-corrected chi connectivity index (χ2v) is 13.0. The summed E-state index contributed by atoms with van der Waals surface area (Å²) in [7, 11) is -3.66. The molecule has 4 aromatic rings. The number of sulfone groups is 1. The first-order valence-corrected chi connectivity index (χ1v) is 14.7. The van der Waals surface area contributed by atoms with Gasteiger partial charge in [0.1, 0.15) is 11.5 Å². The minimum atomic E-state index is -3.66. The number of nitrogens with zero attached hydrogens (tertiary/aromatic N) is 2. The summed E-state index contributed by atoms with van der Waals surface area (Å²) < 4.78 is 43.3. The number of halogens is 1. The molecule has 2 aliphatic carbocycles. The van der Waals surface area contributed by atoms with Gasteiger partial charge in [-0.05, 0) is 117 Å². The van der Waals surface area contributed by atoms with Crippen LogP contribution in [0.4, 0.5) is 4.39 Å². The fraction of sp³-hybridized carbons (Fsp3) is 0.250. The molecule has 2 heterocycles. The van der Waals surface area contributed by atoms with Crippen molar-refractivity contribution in [3.63, 3.8) is 0 Å². The smallest absolute Gasteiger partial charge is 0.191 e. The molecule has 6 rings (SSSR count). The lowest BCUT2D eigenvalue weighted by Gasteiger charge is -2.43. The van der Waals surface area contributed by atoms with Crippen LogP contribution in [0.15, 0.2) is 89.6 Å². The van der Waals surface area contributed by atoms with Crippen molar-refractivity contribution in [2.24, 2.45) is 5.41 Å². The summed E-state index contributed by atoms with van der Waals surface area (Å²) in [5, 5.41) is -0.689. The van der Waals surface area contributed by atoms with E-state index in [0.29, 0.717) is 29.9 Å². The molecule has 0 amide bonds. The van der Waals surface area contributed by atoms with E-state index in [1.807, 2.05) is 48.9 Å². The molecule has 0 aliphatic heterocycles. The van der Waals surface area contributed by atoms with E-state index in [4.69, 9.17) is 0 Å². The van der Waals surface area contributed by atoms with Crippen molar-refractivity contribution in [3.05, 3.63) is 119 Å². The van der Waals surface area contributed by atoms with E-state index >= 15 is 0 Å². The molecule has 2 aliphatic rings. The quantitative estimate of drug-likeness (QED) is 0.272. The molecule has 2 aromatic carbocycles. The average Bonchev–Trinajstić information content (AvgIpc) is 3.33. The molecule has 0 N–H and O–H groups in total. The number of hydrogen-bond acceptors (Lipinski definition) is 4. The fourth-order valence-corrected chi connectivity index (χ4v) is 8.10. The lowest BCUT2D eigenvalue weighted by atomic mass is 9.61. The zero-order chi connectivity index (χ0) is 27.4. The first kappa shape index (κ1) is 25.4. The summed E-state index contributed by atoms with van der Waals surface area (Å²) in [5.41, 5.74) is 4.81. The van der Waals surface area contributed by atoms with Crippen LogP contribution < -0.4 is 0 Å². The van der Waals surface area contributed by atoms with Gasteiger partial charge in [0, 0.05) is 23.8 Å². The van der Waals surface area contributed by atoms with Gasteiger partial charge in [-0.25, -0.2) is 12.8 Å². The maximum Gasteiger partial charge on any atom is 0.191 e. The number of hydrogen-bond donors (Lipinski definition) is 0. The standard InChI is InChI=1S/C32H29FN2O3S/c1-21-4-3-5-27(16-21)39(37,38)28-11-6-24-18-30-23(13-15-35(30)26-9-7-25(33)8-10-26)19-32(24,20-28)31(36)29-17-22(2)12-14-34-29/h3-5,7-10,12-18,28H,6,11,19-20H2,1-2H3/t28-,32-/m0/s1. The third-order valence-corrected chi connectivity index (χ3v) is 10.4. The Morgan fingerprint density at radius 1 is 1.03 bits per heavy atom.